The molecule has 4 rings (SSSR count). The summed E-state index contributed by atoms with van der Waals surface area (Å²) >= 11 is 0. The molecule has 0 spiro atoms. The van der Waals surface area contributed by atoms with Crippen LogP contribution >= 0.6 is 0 Å². The van der Waals surface area contributed by atoms with Crippen LogP contribution in [0, 0.1) is 24.0 Å². The number of carbonyl (C=O) groups is 1. The Morgan fingerprint density at radius 3 is 2.69 bits per heavy atom. The number of H-pyrrole nitrogens is 1. The summed E-state index contributed by atoms with van der Waals surface area (Å²) in [5.74, 6) is -0.266. The van der Waals surface area contributed by atoms with Crippen LogP contribution in [-0.4, -0.2) is 29.4 Å². The lowest BCUT2D eigenvalue weighted by atomic mass is 9.74. The molecule has 3 aromatic rings. The van der Waals surface area contributed by atoms with E-state index in [2.05, 4.69) is 4.98 Å². The van der Waals surface area contributed by atoms with E-state index >= 15 is 0 Å². The molecule has 0 radical (unpaired) electrons. The summed E-state index contributed by atoms with van der Waals surface area (Å²) in [5.41, 5.74) is 3.67. The van der Waals surface area contributed by atoms with Crippen molar-refractivity contribution < 1.29 is 9.72 Å². The number of amides is 1. The molecule has 1 amide bonds. The number of fused-ring (bicyclic) bond motifs is 2. The van der Waals surface area contributed by atoms with E-state index in [0.717, 1.165) is 27.7 Å². The summed E-state index contributed by atoms with van der Waals surface area (Å²) < 4.78 is 0. The van der Waals surface area contributed by atoms with Crippen LogP contribution in [-0.2, 0) is 10.2 Å². The molecule has 1 aliphatic heterocycles. The van der Waals surface area contributed by atoms with Gasteiger partial charge in [0, 0.05) is 45.9 Å². The quantitative estimate of drug-likeness (QED) is 0.582. The number of nitrogens with zero attached hydrogens (tertiary/aromatic N) is 2. The van der Waals surface area contributed by atoms with Gasteiger partial charge in [0.25, 0.3) is 0 Å². The van der Waals surface area contributed by atoms with Crippen LogP contribution in [0.4, 0.5) is 5.69 Å². The van der Waals surface area contributed by atoms with Crippen LogP contribution < -0.4 is 4.90 Å². The Bertz CT molecular complexity index is 1070. The van der Waals surface area contributed by atoms with E-state index < -0.39 is 16.9 Å². The smallest absolute Gasteiger partial charge is 0.248 e. The van der Waals surface area contributed by atoms with Gasteiger partial charge in [-0.05, 0) is 25.5 Å². The van der Waals surface area contributed by atoms with Gasteiger partial charge in [0.2, 0.25) is 12.5 Å². The summed E-state index contributed by atoms with van der Waals surface area (Å²) in [4.78, 5) is 29.4. The van der Waals surface area contributed by atoms with Gasteiger partial charge in [-0.25, -0.2) is 0 Å². The Hall–Kier alpha value is -3.15. The molecule has 0 saturated carbocycles. The maximum atomic E-state index is 13.4. The lowest BCUT2D eigenvalue weighted by Gasteiger charge is -2.24. The van der Waals surface area contributed by atoms with E-state index in [4.69, 9.17) is 0 Å². The molecule has 2 heterocycles. The van der Waals surface area contributed by atoms with Crippen molar-refractivity contribution in [3.63, 3.8) is 0 Å². The second kappa shape index (κ2) is 5.42. The fourth-order valence-electron chi connectivity index (χ4n) is 4.15. The zero-order valence-electron chi connectivity index (χ0n) is 14.9. The summed E-state index contributed by atoms with van der Waals surface area (Å²) in [7, 11) is 1.68. The van der Waals surface area contributed by atoms with Crippen molar-refractivity contribution in [2.75, 3.05) is 18.5 Å². The standard InChI is InChI=1S/C20H19N3O3/c1-12-7-8-17-15(9-12)20(11-23(25)26,19(24)22(17)3)16-10-21-18-13(2)5-4-6-14(16)18/h4-10,21H,11H2,1-3H3. The number of aromatic nitrogens is 1. The van der Waals surface area contributed by atoms with Gasteiger partial charge >= 0.3 is 0 Å². The lowest BCUT2D eigenvalue weighted by Crippen LogP contribution is -2.44. The molecule has 1 N–H and O–H groups in total. The number of anilines is 1. The van der Waals surface area contributed by atoms with Crippen molar-refractivity contribution in [3.05, 3.63) is 75.0 Å². The van der Waals surface area contributed by atoms with E-state index in [1.807, 2.05) is 50.2 Å². The molecular weight excluding hydrogens is 330 g/mol. The average molecular weight is 349 g/mol. The summed E-state index contributed by atoms with van der Waals surface area (Å²) in [6.07, 6.45) is 1.75. The van der Waals surface area contributed by atoms with Gasteiger partial charge in [0.15, 0.2) is 5.41 Å². The number of carbonyl (C=O) groups excluding carboxylic acids is 1. The van der Waals surface area contributed by atoms with Crippen molar-refractivity contribution in [2.24, 2.45) is 0 Å². The van der Waals surface area contributed by atoms with Gasteiger partial charge in [-0.15, -0.1) is 0 Å². The predicted octanol–water partition coefficient (Wildman–Crippen LogP) is 3.32. The van der Waals surface area contributed by atoms with Crippen molar-refractivity contribution >= 4 is 22.5 Å². The maximum absolute atomic E-state index is 13.4. The SMILES string of the molecule is Cc1ccc2c(c1)C(C[N+](=O)[O-])(c1c[nH]c3c(C)cccc13)C(=O)N2C. The Balaban J connectivity index is 2.11. The molecule has 6 heteroatoms. The van der Waals surface area contributed by atoms with Crippen LogP contribution in [0.2, 0.25) is 0 Å². The number of aromatic amines is 1. The van der Waals surface area contributed by atoms with Gasteiger partial charge in [-0.2, -0.15) is 0 Å². The number of benzene rings is 2. The largest absolute Gasteiger partial charge is 0.361 e. The van der Waals surface area contributed by atoms with E-state index in [9.17, 15) is 14.9 Å². The molecule has 6 nitrogen and oxygen atoms in total. The highest BCUT2D eigenvalue weighted by Crippen LogP contribution is 2.48. The summed E-state index contributed by atoms with van der Waals surface area (Å²) in [6, 6.07) is 11.5. The number of rotatable bonds is 3. The lowest BCUT2D eigenvalue weighted by molar-refractivity contribution is -0.486. The van der Waals surface area contributed by atoms with Crippen LogP contribution in [0.15, 0.2) is 42.6 Å². The maximum Gasteiger partial charge on any atom is 0.248 e. The third-order valence-corrected chi connectivity index (χ3v) is 5.39. The van der Waals surface area contributed by atoms with E-state index in [1.54, 1.807) is 13.2 Å². The van der Waals surface area contributed by atoms with Gasteiger partial charge in [-0.1, -0.05) is 35.9 Å². The number of likely N-dealkylation sites (N-methyl/N-ethyl adjacent to an activating group) is 1. The van der Waals surface area contributed by atoms with Crippen molar-refractivity contribution in [3.8, 4) is 0 Å². The Kier molecular flexibility index (Phi) is 3.41. The average Bonchev–Trinajstić information content (AvgIpc) is 3.11. The molecule has 0 fully saturated rings. The minimum absolute atomic E-state index is 0.266. The minimum atomic E-state index is -1.33. The predicted molar refractivity (Wildman–Crippen MR) is 100 cm³/mol. The molecule has 2 aromatic carbocycles. The number of nitrogens with one attached hydrogen (secondary N) is 1. The second-order valence-electron chi connectivity index (χ2n) is 6.98. The van der Waals surface area contributed by atoms with Gasteiger partial charge in [-0.3, -0.25) is 14.9 Å². The molecule has 0 saturated heterocycles. The monoisotopic (exact) mass is 349 g/mol. The van der Waals surface area contributed by atoms with Gasteiger partial charge in [0.05, 0.1) is 0 Å². The van der Waals surface area contributed by atoms with E-state index in [-0.39, 0.29) is 5.91 Å². The number of nitro groups is 1. The van der Waals surface area contributed by atoms with Crippen molar-refractivity contribution in [2.45, 2.75) is 19.3 Å². The van der Waals surface area contributed by atoms with Gasteiger partial charge in [0.1, 0.15) is 0 Å². The highest BCUT2D eigenvalue weighted by molar-refractivity contribution is 6.12. The summed E-state index contributed by atoms with van der Waals surface area (Å²) in [6.45, 7) is 3.43. The number of aryl methyl sites for hydroxylation is 2. The second-order valence-corrected chi connectivity index (χ2v) is 6.98. The topological polar surface area (TPSA) is 79.2 Å². The Labute approximate surface area is 150 Å². The minimum Gasteiger partial charge on any atom is -0.361 e. The van der Waals surface area contributed by atoms with Crippen molar-refractivity contribution in [1.29, 1.82) is 0 Å². The van der Waals surface area contributed by atoms with Crippen LogP contribution in [0.5, 0.6) is 0 Å². The molecule has 1 unspecified atom stereocenters. The third kappa shape index (κ3) is 2.02. The van der Waals surface area contributed by atoms with Crippen molar-refractivity contribution in [1.82, 2.24) is 4.98 Å². The van der Waals surface area contributed by atoms with Gasteiger partial charge < -0.3 is 9.88 Å². The summed E-state index contributed by atoms with van der Waals surface area (Å²) in [5, 5.41) is 12.5. The first kappa shape index (κ1) is 16.3. The number of para-hydroxylation sites is 1. The number of hydrogen-bond acceptors (Lipinski definition) is 3. The molecule has 0 aliphatic carbocycles. The molecule has 1 aromatic heterocycles. The third-order valence-electron chi connectivity index (χ3n) is 5.39. The molecule has 1 aliphatic rings. The van der Waals surface area contributed by atoms with E-state index in [0.29, 0.717) is 11.1 Å². The molecule has 26 heavy (non-hydrogen) atoms. The Morgan fingerprint density at radius 2 is 1.96 bits per heavy atom. The molecular formula is C20H19N3O3. The Morgan fingerprint density at radius 1 is 1.19 bits per heavy atom. The first-order valence-corrected chi connectivity index (χ1v) is 8.44. The number of hydrogen-bond donors (Lipinski definition) is 1. The first-order chi connectivity index (χ1) is 12.4. The normalized spacial score (nSPS) is 19.2. The zero-order chi connectivity index (χ0) is 18.6. The fraction of sp³-hybridized carbons (Fsp3) is 0.250. The first-order valence-electron chi connectivity index (χ1n) is 8.44. The van der Waals surface area contributed by atoms with E-state index in [1.165, 1.54) is 4.90 Å². The fourth-order valence-corrected chi connectivity index (χ4v) is 4.15. The highest BCUT2D eigenvalue weighted by atomic mass is 16.6. The zero-order valence-corrected chi connectivity index (χ0v) is 14.9. The van der Waals surface area contributed by atoms with Crippen LogP contribution in [0.3, 0.4) is 0 Å². The highest BCUT2D eigenvalue weighted by Gasteiger charge is 2.56. The van der Waals surface area contributed by atoms with Crippen LogP contribution in [0.25, 0.3) is 10.9 Å². The van der Waals surface area contributed by atoms with Crippen LogP contribution in [0.1, 0.15) is 22.3 Å². The molecule has 0 bridgehead atoms. The molecule has 132 valence electrons. The molecule has 1 atom stereocenters.